The molecule has 4 heteroatoms. The van der Waals surface area contributed by atoms with Gasteiger partial charge in [-0.2, -0.15) is 0 Å². The van der Waals surface area contributed by atoms with E-state index < -0.39 is 5.97 Å². The smallest absolute Gasteiger partial charge is 0.320 e. The SMILES string of the molecule is COc1ccccc1CCCN1C(C(=O)O)CC2CCCCC21. The van der Waals surface area contributed by atoms with Gasteiger partial charge < -0.3 is 9.84 Å². The number of carboxylic acids is 1. The molecule has 3 rings (SSSR count). The fourth-order valence-electron chi connectivity index (χ4n) is 4.48. The van der Waals surface area contributed by atoms with Crippen molar-refractivity contribution in [1.82, 2.24) is 4.90 Å². The highest BCUT2D eigenvalue weighted by Crippen LogP contribution is 2.39. The predicted molar refractivity (Wildman–Crippen MR) is 89.8 cm³/mol. The Morgan fingerprint density at radius 1 is 1.30 bits per heavy atom. The molecular weight excluding hydrogens is 290 g/mol. The molecule has 0 amide bonds. The van der Waals surface area contributed by atoms with Crippen LogP contribution in [0.4, 0.5) is 0 Å². The normalized spacial score (nSPS) is 27.6. The van der Waals surface area contributed by atoms with Gasteiger partial charge in [-0.15, -0.1) is 0 Å². The summed E-state index contributed by atoms with van der Waals surface area (Å²) < 4.78 is 5.41. The Balaban J connectivity index is 1.62. The van der Waals surface area contributed by atoms with Gasteiger partial charge in [0.2, 0.25) is 0 Å². The third-order valence-electron chi connectivity index (χ3n) is 5.56. The lowest BCUT2D eigenvalue weighted by molar-refractivity contribution is -0.142. The molecule has 3 atom stereocenters. The van der Waals surface area contributed by atoms with E-state index in [0.29, 0.717) is 12.0 Å². The Bertz CT molecular complexity index is 545. The Hall–Kier alpha value is -1.55. The van der Waals surface area contributed by atoms with Crippen LogP contribution in [-0.2, 0) is 11.2 Å². The molecule has 2 fully saturated rings. The molecule has 1 aliphatic heterocycles. The van der Waals surface area contributed by atoms with Gasteiger partial charge in [0.25, 0.3) is 0 Å². The van der Waals surface area contributed by atoms with Crippen LogP contribution in [0.5, 0.6) is 5.75 Å². The number of methoxy groups -OCH3 is 1. The zero-order valence-corrected chi connectivity index (χ0v) is 13.9. The largest absolute Gasteiger partial charge is 0.496 e. The molecule has 0 radical (unpaired) electrons. The molecule has 126 valence electrons. The Morgan fingerprint density at radius 3 is 2.87 bits per heavy atom. The first-order chi connectivity index (χ1) is 11.2. The van der Waals surface area contributed by atoms with Crippen LogP contribution in [0.25, 0.3) is 0 Å². The summed E-state index contributed by atoms with van der Waals surface area (Å²) in [7, 11) is 1.70. The van der Waals surface area contributed by atoms with Gasteiger partial charge in [0, 0.05) is 6.04 Å². The molecule has 2 aliphatic rings. The van der Waals surface area contributed by atoms with Crippen LogP contribution < -0.4 is 4.74 Å². The minimum atomic E-state index is -0.642. The van der Waals surface area contributed by atoms with Crippen molar-refractivity contribution in [1.29, 1.82) is 0 Å². The molecule has 1 aromatic rings. The van der Waals surface area contributed by atoms with Gasteiger partial charge in [-0.3, -0.25) is 9.69 Å². The van der Waals surface area contributed by atoms with Crippen molar-refractivity contribution in [2.45, 2.75) is 57.0 Å². The Labute approximate surface area is 138 Å². The number of aliphatic carboxylic acids is 1. The topological polar surface area (TPSA) is 49.8 Å². The van der Waals surface area contributed by atoms with Crippen LogP contribution in [0, 0.1) is 5.92 Å². The molecule has 1 N–H and O–H groups in total. The van der Waals surface area contributed by atoms with Crippen molar-refractivity contribution in [3.63, 3.8) is 0 Å². The van der Waals surface area contributed by atoms with Gasteiger partial charge >= 0.3 is 5.97 Å². The molecule has 4 nitrogen and oxygen atoms in total. The molecule has 3 unspecified atom stereocenters. The van der Waals surface area contributed by atoms with Gasteiger partial charge in [0.1, 0.15) is 11.8 Å². The van der Waals surface area contributed by atoms with Crippen LogP contribution in [0.1, 0.15) is 44.1 Å². The van der Waals surface area contributed by atoms with Crippen molar-refractivity contribution in [2.24, 2.45) is 5.92 Å². The van der Waals surface area contributed by atoms with E-state index in [1.807, 2.05) is 18.2 Å². The summed E-state index contributed by atoms with van der Waals surface area (Å²) in [4.78, 5) is 13.9. The van der Waals surface area contributed by atoms with E-state index in [0.717, 1.165) is 31.6 Å². The average molecular weight is 317 g/mol. The van der Waals surface area contributed by atoms with E-state index in [4.69, 9.17) is 4.74 Å². The van der Waals surface area contributed by atoms with E-state index in [2.05, 4.69) is 11.0 Å². The van der Waals surface area contributed by atoms with Gasteiger partial charge in [0.15, 0.2) is 0 Å². The highest BCUT2D eigenvalue weighted by Gasteiger charge is 2.44. The summed E-state index contributed by atoms with van der Waals surface area (Å²) in [6, 6.07) is 8.31. The number of aryl methyl sites for hydroxylation is 1. The number of fused-ring (bicyclic) bond motifs is 1. The standard InChI is InChI=1S/C19H27NO3/c1-23-18-11-5-3-7-14(18)9-6-12-20-16-10-4-2-8-15(16)13-17(20)19(21)22/h3,5,7,11,15-17H,2,4,6,8-10,12-13H2,1H3,(H,21,22). The average Bonchev–Trinajstić information content (AvgIpc) is 2.94. The van der Waals surface area contributed by atoms with Crippen molar-refractivity contribution in [3.8, 4) is 5.75 Å². The molecule has 1 saturated heterocycles. The first-order valence-corrected chi connectivity index (χ1v) is 8.81. The summed E-state index contributed by atoms with van der Waals surface area (Å²) in [5, 5.41) is 9.57. The highest BCUT2D eigenvalue weighted by atomic mass is 16.5. The number of carbonyl (C=O) groups is 1. The maximum atomic E-state index is 11.6. The van der Waals surface area contributed by atoms with Crippen LogP contribution in [-0.4, -0.2) is 41.7 Å². The predicted octanol–water partition coefficient (Wildman–Crippen LogP) is 3.35. The number of hydrogen-bond donors (Lipinski definition) is 1. The van der Waals surface area contributed by atoms with Gasteiger partial charge in [-0.25, -0.2) is 0 Å². The summed E-state index contributed by atoms with van der Waals surface area (Å²) in [6.45, 7) is 0.871. The first-order valence-electron chi connectivity index (χ1n) is 8.81. The zero-order chi connectivity index (χ0) is 16.2. The molecule has 1 heterocycles. The zero-order valence-electron chi connectivity index (χ0n) is 13.9. The fraction of sp³-hybridized carbons (Fsp3) is 0.632. The minimum Gasteiger partial charge on any atom is -0.496 e. The third kappa shape index (κ3) is 3.52. The van der Waals surface area contributed by atoms with Crippen LogP contribution in [0.3, 0.4) is 0 Å². The Kier molecular flexibility index (Phi) is 5.21. The molecule has 1 saturated carbocycles. The summed E-state index contributed by atoms with van der Waals surface area (Å²) in [6.07, 6.45) is 7.64. The summed E-state index contributed by atoms with van der Waals surface area (Å²) in [5.74, 6) is 0.882. The van der Waals surface area contributed by atoms with Crippen LogP contribution in [0.15, 0.2) is 24.3 Å². The van der Waals surface area contributed by atoms with Gasteiger partial charge in [-0.05, 0) is 56.2 Å². The van der Waals surface area contributed by atoms with E-state index in [-0.39, 0.29) is 6.04 Å². The molecular formula is C19H27NO3. The first kappa shape index (κ1) is 16.3. The van der Waals surface area contributed by atoms with Crippen molar-refractivity contribution >= 4 is 5.97 Å². The second-order valence-corrected chi connectivity index (χ2v) is 6.85. The number of carboxylic acid groups (broad SMARTS) is 1. The monoisotopic (exact) mass is 317 g/mol. The fourth-order valence-corrected chi connectivity index (χ4v) is 4.48. The lowest BCUT2D eigenvalue weighted by Gasteiger charge is -2.33. The maximum Gasteiger partial charge on any atom is 0.320 e. The number of nitrogens with zero attached hydrogens (tertiary/aromatic N) is 1. The highest BCUT2D eigenvalue weighted by molar-refractivity contribution is 5.74. The van der Waals surface area contributed by atoms with Crippen molar-refractivity contribution < 1.29 is 14.6 Å². The summed E-state index contributed by atoms with van der Waals surface area (Å²) >= 11 is 0. The molecule has 23 heavy (non-hydrogen) atoms. The minimum absolute atomic E-state index is 0.277. The molecule has 1 aromatic carbocycles. The number of hydrogen-bond acceptors (Lipinski definition) is 3. The maximum absolute atomic E-state index is 11.6. The lowest BCUT2D eigenvalue weighted by Crippen LogP contribution is -2.42. The van der Waals surface area contributed by atoms with E-state index in [9.17, 15) is 9.90 Å². The number of likely N-dealkylation sites (tertiary alicyclic amines) is 1. The van der Waals surface area contributed by atoms with Crippen molar-refractivity contribution in [3.05, 3.63) is 29.8 Å². The molecule has 0 spiro atoms. The second-order valence-electron chi connectivity index (χ2n) is 6.85. The van der Waals surface area contributed by atoms with Gasteiger partial charge in [0.05, 0.1) is 7.11 Å². The second kappa shape index (κ2) is 7.35. The Morgan fingerprint density at radius 2 is 2.09 bits per heavy atom. The lowest BCUT2D eigenvalue weighted by atomic mass is 9.84. The van der Waals surface area contributed by atoms with Crippen LogP contribution >= 0.6 is 0 Å². The van der Waals surface area contributed by atoms with Crippen LogP contribution in [0.2, 0.25) is 0 Å². The number of para-hydroxylation sites is 1. The van der Waals surface area contributed by atoms with Crippen molar-refractivity contribution in [2.75, 3.05) is 13.7 Å². The number of rotatable bonds is 6. The quantitative estimate of drug-likeness (QED) is 0.874. The molecule has 0 bridgehead atoms. The van der Waals surface area contributed by atoms with E-state index in [1.54, 1.807) is 7.11 Å². The van der Waals surface area contributed by atoms with E-state index >= 15 is 0 Å². The number of ether oxygens (including phenoxy) is 1. The number of benzene rings is 1. The third-order valence-corrected chi connectivity index (χ3v) is 5.56. The van der Waals surface area contributed by atoms with E-state index in [1.165, 1.54) is 31.2 Å². The van der Waals surface area contributed by atoms with Gasteiger partial charge in [-0.1, -0.05) is 31.0 Å². The molecule has 1 aliphatic carbocycles. The summed E-state index contributed by atoms with van der Waals surface area (Å²) in [5.41, 5.74) is 1.21. The molecule has 0 aromatic heterocycles.